The van der Waals surface area contributed by atoms with E-state index in [4.69, 9.17) is 0 Å². The first kappa shape index (κ1) is 6.41. The van der Waals surface area contributed by atoms with Gasteiger partial charge in [-0.2, -0.15) is 0 Å². The molecule has 0 aromatic carbocycles. The van der Waals surface area contributed by atoms with Gasteiger partial charge in [-0.1, -0.05) is 18.6 Å². The van der Waals surface area contributed by atoms with E-state index in [9.17, 15) is 0 Å². The average Bonchev–Trinajstić information content (AvgIpc) is 2.30. The zero-order valence-corrected chi connectivity index (χ0v) is 6.56. The lowest BCUT2D eigenvalue weighted by Gasteiger charge is -2.20. The smallest absolute Gasteiger partial charge is 0.0255 e. The predicted molar refractivity (Wildman–Crippen MR) is 42.9 cm³/mol. The van der Waals surface area contributed by atoms with Gasteiger partial charge in [-0.15, -0.1) is 0 Å². The van der Waals surface area contributed by atoms with Crippen LogP contribution in [0, 0.1) is 0 Å². The van der Waals surface area contributed by atoms with Crippen LogP contribution in [0.4, 0.5) is 0 Å². The van der Waals surface area contributed by atoms with E-state index in [0.717, 1.165) is 12.1 Å². The lowest BCUT2D eigenvalue weighted by molar-refractivity contribution is 0.541. The zero-order valence-electron chi connectivity index (χ0n) is 6.56. The second-order valence-corrected chi connectivity index (χ2v) is 3.43. The van der Waals surface area contributed by atoms with Crippen LogP contribution < -0.4 is 5.32 Å². The van der Waals surface area contributed by atoms with E-state index >= 15 is 0 Å². The molecule has 2 heterocycles. The van der Waals surface area contributed by atoms with Gasteiger partial charge in [-0.3, -0.25) is 0 Å². The summed E-state index contributed by atoms with van der Waals surface area (Å²) in [6.45, 7) is 2.26. The van der Waals surface area contributed by atoms with Crippen molar-refractivity contribution in [3.8, 4) is 0 Å². The molecule has 1 saturated heterocycles. The Bertz CT molecular complexity index is 160. The number of fused-ring (bicyclic) bond motifs is 2. The molecule has 2 rings (SSSR count). The van der Waals surface area contributed by atoms with Crippen LogP contribution in [0.25, 0.3) is 0 Å². The molecule has 2 aliphatic rings. The van der Waals surface area contributed by atoms with E-state index in [1.165, 1.54) is 25.7 Å². The average molecular weight is 137 g/mol. The Balaban J connectivity index is 2.12. The Morgan fingerprint density at radius 3 is 3.20 bits per heavy atom. The molecule has 0 radical (unpaired) electrons. The van der Waals surface area contributed by atoms with Crippen molar-refractivity contribution in [2.75, 3.05) is 0 Å². The predicted octanol–water partition coefficient (Wildman–Crippen LogP) is 1.85. The minimum Gasteiger partial charge on any atom is -0.307 e. The molecule has 1 fully saturated rings. The van der Waals surface area contributed by atoms with E-state index in [1.807, 2.05) is 0 Å². The van der Waals surface area contributed by atoms with Crippen LogP contribution in [0.15, 0.2) is 11.6 Å². The third-order valence-electron chi connectivity index (χ3n) is 2.68. The highest BCUT2D eigenvalue weighted by atomic mass is 15.0. The molecule has 0 aromatic rings. The molecule has 1 nitrogen and oxygen atoms in total. The van der Waals surface area contributed by atoms with Crippen molar-refractivity contribution < 1.29 is 0 Å². The summed E-state index contributed by atoms with van der Waals surface area (Å²) in [5.41, 5.74) is 1.67. The lowest BCUT2D eigenvalue weighted by Crippen LogP contribution is -2.32. The normalized spacial score (nSPS) is 37.9. The SMILES string of the molecule is CCC1=CC2CCC(C1)N2. The number of nitrogens with one attached hydrogen (secondary N) is 1. The van der Waals surface area contributed by atoms with E-state index in [1.54, 1.807) is 5.57 Å². The Labute approximate surface area is 62.5 Å². The van der Waals surface area contributed by atoms with Crippen molar-refractivity contribution in [1.29, 1.82) is 0 Å². The van der Waals surface area contributed by atoms with Crippen molar-refractivity contribution in [2.45, 2.75) is 44.7 Å². The van der Waals surface area contributed by atoms with Gasteiger partial charge >= 0.3 is 0 Å². The first-order chi connectivity index (χ1) is 4.88. The van der Waals surface area contributed by atoms with E-state index in [2.05, 4.69) is 18.3 Å². The molecule has 2 unspecified atom stereocenters. The molecule has 0 aromatic heterocycles. The summed E-state index contributed by atoms with van der Waals surface area (Å²) in [5, 5.41) is 3.58. The van der Waals surface area contributed by atoms with Gasteiger partial charge in [0.1, 0.15) is 0 Å². The first-order valence-electron chi connectivity index (χ1n) is 4.34. The molecule has 56 valence electrons. The van der Waals surface area contributed by atoms with Crippen LogP contribution in [-0.4, -0.2) is 12.1 Å². The largest absolute Gasteiger partial charge is 0.307 e. The molecule has 2 atom stereocenters. The molecule has 2 bridgehead atoms. The molecule has 0 spiro atoms. The van der Waals surface area contributed by atoms with Crippen LogP contribution in [0.1, 0.15) is 32.6 Å². The fraction of sp³-hybridized carbons (Fsp3) is 0.778. The topological polar surface area (TPSA) is 12.0 Å². The molecular weight excluding hydrogens is 122 g/mol. The second-order valence-electron chi connectivity index (χ2n) is 3.43. The summed E-state index contributed by atoms with van der Waals surface area (Å²) in [5.74, 6) is 0. The molecule has 1 N–H and O–H groups in total. The second kappa shape index (κ2) is 2.39. The molecule has 0 amide bonds. The first-order valence-corrected chi connectivity index (χ1v) is 4.34. The Morgan fingerprint density at radius 1 is 1.60 bits per heavy atom. The molecule has 0 saturated carbocycles. The van der Waals surface area contributed by atoms with Crippen molar-refractivity contribution in [3.63, 3.8) is 0 Å². The maximum absolute atomic E-state index is 3.58. The highest BCUT2D eigenvalue weighted by Crippen LogP contribution is 2.27. The van der Waals surface area contributed by atoms with Crippen LogP contribution in [0.2, 0.25) is 0 Å². The molecular formula is C9H15N. The van der Waals surface area contributed by atoms with E-state index in [0.29, 0.717) is 0 Å². The number of hydrogen-bond donors (Lipinski definition) is 1. The summed E-state index contributed by atoms with van der Waals surface area (Å²) in [7, 11) is 0. The van der Waals surface area contributed by atoms with E-state index in [-0.39, 0.29) is 0 Å². The highest BCUT2D eigenvalue weighted by molar-refractivity contribution is 5.16. The maximum Gasteiger partial charge on any atom is 0.0255 e. The fourth-order valence-electron chi connectivity index (χ4n) is 2.07. The number of rotatable bonds is 1. The van der Waals surface area contributed by atoms with Gasteiger partial charge in [0.25, 0.3) is 0 Å². The third kappa shape index (κ3) is 0.988. The van der Waals surface area contributed by atoms with Crippen molar-refractivity contribution >= 4 is 0 Å². The maximum atomic E-state index is 3.58. The summed E-state index contributed by atoms with van der Waals surface area (Å²) < 4.78 is 0. The Morgan fingerprint density at radius 2 is 2.50 bits per heavy atom. The van der Waals surface area contributed by atoms with Gasteiger partial charge in [0.15, 0.2) is 0 Å². The summed E-state index contributed by atoms with van der Waals surface area (Å²) >= 11 is 0. The van der Waals surface area contributed by atoms with Gasteiger partial charge < -0.3 is 5.32 Å². The standard InChI is InChI=1S/C9H15N/c1-2-7-5-8-3-4-9(6-7)10-8/h5,8-10H,2-4,6H2,1H3. The zero-order chi connectivity index (χ0) is 6.97. The molecule has 10 heavy (non-hydrogen) atoms. The van der Waals surface area contributed by atoms with E-state index < -0.39 is 0 Å². The van der Waals surface area contributed by atoms with Crippen molar-refractivity contribution in [1.82, 2.24) is 5.32 Å². The Kier molecular flexibility index (Phi) is 1.53. The van der Waals surface area contributed by atoms with Crippen LogP contribution >= 0.6 is 0 Å². The van der Waals surface area contributed by atoms with Crippen molar-refractivity contribution in [3.05, 3.63) is 11.6 Å². The Hall–Kier alpha value is -0.300. The lowest BCUT2D eigenvalue weighted by atomic mass is 10.0. The van der Waals surface area contributed by atoms with Crippen LogP contribution in [-0.2, 0) is 0 Å². The van der Waals surface area contributed by atoms with Gasteiger partial charge in [0.2, 0.25) is 0 Å². The minimum absolute atomic E-state index is 0.730. The number of hydrogen-bond acceptors (Lipinski definition) is 1. The summed E-state index contributed by atoms with van der Waals surface area (Å²) in [6, 6.07) is 1.55. The van der Waals surface area contributed by atoms with Gasteiger partial charge in [-0.05, 0) is 25.7 Å². The quantitative estimate of drug-likeness (QED) is 0.544. The molecule has 1 heteroatoms. The minimum atomic E-state index is 0.730. The monoisotopic (exact) mass is 137 g/mol. The summed E-state index contributed by atoms with van der Waals surface area (Å²) in [4.78, 5) is 0. The fourth-order valence-corrected chi connectivity index (χ4v) is 2.07. The van der Waals surface area contributed by atoms with Crippen LogP contribution in [0.3, 0.4) is 0 Å². The summed E-state index contributed by atoms with van der Waals surface area (Å²) in [6.07, 6.45) is 7.77. The van der Waals surface area contributed by atoms with Gasteiger partial charge in [0.05, 0.1) is 0 Å². The molecule has 2 aliphatic heterocycles. The van der Waals surface area contributed by atoms with Crippen LogP contribution in [0.5, 0.6) is 0 Å². The van der Waals surface area contributed by atoms with Crippen molar-refractivity contribution in [2.24, 2.45) is 0 Å². The van der Waals surface area contributed by atoms with Gasteiger partial charge in [0, 0.05) is 12.1 Å². The van der Waals surface area contributed by atoms with Gasteiger partial charge in [-0.25, -0.2) is 0 Å². The molecule has 0 aliphatic carbocycles. The highest BCUT2D eigenvalue weighted by Gasteiger charge is 2.26. The third-order valence-corrected chi connectivity index (χ3v) is 2.68.